The van der Waals surface area contributed by atoms with Crippen molar-refractivity contribution in [2.75, 3.05) is 0 Å². The van der Waals surface area contributed by atoms with Gasteiger partial charge in [-0.3, -0.25) is 10.3 Å². The highest BCUT2D eigenvalue weighted by atomic mass is 35.5. The Balaban J connectivity index is 2.19. The zero-order valence-electron chi connectivity index (χ0n) is 7.70. The van der Waals surface area contributed by atoms with Gasteiger partial charge >= 0.3 is 0 Å². The van der Waals surface area contributed by atoms with Crippen LogP contribution < -0.4 is 5.32 Å². The lowest BCUT2D eigenvalue weighted by Gasteiger charge is -2.39. The van der Waals surface area contributed by atoms with E-state index in [0.29, 0.717) is 5.17 Å². The monoisotopic (exact) mass is 202 g/mol. The zero-order valence-corrected chi connectivity index (χ0v) is 8.46. The molecule has 0 aromatic carbocycles. The van der Waals surface area contributed by atoms with Crippen molar-refractivity contribution in [1.29, 1.82) is 0 Å². The lowest BCUT2D eigenvalue weighted by Crippen LogP contribution is -2.55. The van der Waals surface area contributed by atoms with E-state index < -0.39 is 0 Å². The van der Waals surface area contributed by atoms with Crippen molar-refractivity contribution in [3.8, 4) is 0 Å². The number of hydrogen-bond donors (Lipinski definition) is 2. The molecule has 1 aliphatic heterocycles. The fourth-order valence-electron chi connectivity index (χ4n) is 2.27. The van der Waals surface area contributed by atoms with Gasteiger partial charge in [0, 0.05) is 12.0 Å². The Morgan fingerprint density at radius 1 is 1.54 bits per heavy atom. The second-order valence-corrected chi connectivity index (χ2v) is 4.31. The third kappa shape index (κ3) is 1.73. The van der Waals surface area contributed by atoms with E-state index in [0.717, 1.165) is 19.3 Å². The molecule has 1 saturated carbocycles. The maximum atomic E-state index is 9.76. The first-order valence-corrected chi connectivity index (χ1v) is 5.23. The summed E-state index contributed by atoms with van der Waals surface area (Å²) in [6, 6.07) is 0.119. The second-order valence-electron chi connectivity index (χ2n) is 3.92. The summed E-state index contributed by atoms with van der Waals surface area (Å²) in [5.41, 5.74) is 0. The number of aliphatic hydroxyl groups excluding tert-OH is 1. The molecule has 1 aliphatic carbocycles. The van der Waals surface area contributed by atoms with E-state index in [-0.39, 0.29) is 24.2 Å². The van der Waals surface area contributed by atoms with E-state index >= 15 is 0 Å². The molecule has 4 unspecified atom stereocenters. The number of aliphatic imine (C=N–C) groups is 1. The number of nitrogens with one attached hydrogen (secondary N) is 1. The van der Waals surface area contributed by atoms with Crippen LogP contribution in [0.25, 0.3) is 0 Å². The molecule has 3 nitrogen and oxygen atoms in total. The molecule has 1 fully saturated rings. The molecule has 13 heavy (non-hydrogen) atoms. The predicted octanol–water partition coefficient (Wildman–Crippen LogP) is 1.10. The van der Waals surface area contributed by atoms with Crippen LogP contribution in [0, 0.1) is 5.92 Å². The van der Waals surface area contributed by atoms with Crippen molar-refractivity contribution < 1.29 is 5.11 Å². The van der Waals surface area contributed by atoms with Crippen molar-refractivity contribution in [2.45, 2.75) is 44.5 Å². The lowest BCUT2D eigenvalue weighted by molar-refractivity contribution is 0.0673. The van der Waals surface area contributed by atoms with Gasteiger partial charge in [0.05, 0.1) is 12.3 Å². The Bertz CT molecular complexity index is 232. The van der Waals surface area contributed by atoms with Crippen molar-refractivity contribution in [1.82, 2.24) is 5.32 Å². The van der Waals surface area contributed by atoms with E-state index in [2.05, 4.69) is 10.3 Å². The van der Waals surface area contributed by atoms with Gasteiger partial charge in [0.25, 0.3) is 0 Å². The second kappa shape index (κ2) is 3.56. The molecule has 1 heterocycles. The molecule has 0 aromatic heterocycles. The van der Waals surface area contributed by atoms with E-state index in [4.69, 9.17) is 11.6 Å². The molecule has 0 saturated heterocycles. The highest BCUT2D eigenvalue weighted by Crippen LogP contribution is 2.30. The fraction of sp³-hybridized carbons (Fsp3) is 0.889. The van der Waals surface area contributed by atoms with Crippen molar-refractivity contribution in [2.24, 2.45) is 10.9 Å². The number of fused-ring (bicyclic) bond motifs is 1. The maximum absolute atomic E-state index is 9.76. The first-order chi connectivity index (χ1) is 6.18. The first-order valence-electron chi connectivity index (χ1n) is 4.86. The standard InChI is InChI=1S/C9H15ClN2O/c1-5-11-8-6(9(10)12-5)3-2-4-7(8)13/h5-8,11,13H,2-4H2,1H3. The average molecular weight is 203 g/mol. The van der Waals surface area contributed by atoms with Gasteiger partial charge in [-0.1, -0.05) is 18.0 Å². The third-order valence-electron chi connectivity index (χ3n) is 2.92. The van der Waals surface area contributed by atoms with Crippen LogP contribution in [0.5, 0.6) is 0 Å². The van der Waals surface area contributed by atoms with Crippen LogP contribution in [0.15, 0.2) is 4.99 Å². The van der Waals surface area contributed by atoms with Crippen LogP contribution in [0.3, 0.4) is 0 Å². The summed E-state index contributed by atoms with van der Waals surface area (Å²) in [5.74, 6) is 0.238. The number of nitrogens with zero attached hydrogens (tertiary/aromatic N) is 1. The molecule has 4 heteroatoms. The molecule has 2 aliphatic rings. The number of hydrogen-bond acceptors (Lipinski definition) is 3. The van der Waals surface area contributed by atoms with Gasteiger partial charge < -0.3 is 5.11 Å². The lowest BCUT2D eigenvalue weighted by atomic mass is 9.82. The number of aliphatic hydroxyl groups is 1. The molecule has 0 spiro atoms. The van der Waals surface area contributed by atoms with Crippen LogP contribution in [0.1, 0.15) is 26.2 Å². The molecular weight excluding hydrogens is 188 g/mol. The zero-order chi connectivity index (χ0) is 9.42. The topological polar surface area (TPSA) is 44.6 Å². The van der Waals surface area contributed by atoms with Gasteiger partial charge in [-0.25, -0.2) is 0 Å². The van der Waals surface area contributed by atoms with Gasteiger partial charge in [0.1, 0.15) is 5.17 Å². The van der Waals surface area contributed by atoms with Crippen LogP contribution >= 0.6 is 11.6 Å². The minimum Gasteiger partial charge on any atom is -0.391 e. The van der Waals surface area contributed by atoms with Gasteiger partial charge in [-0.15, -0.1) is 0 Å². The van der Waals surface area contributed by atoms with Gasteiger partial charge in [-0.2, -0.15) is 0 Å². The Hall–Kier alpha value is -0.120. The van der Waals surface area contributed by atoms with Crippen LogP contribution in [0.4, 0.5) is 0 Å². The Morgan fingerprint density at radius 2 is 2.31 bits per heavy atom. The summed E-state index contributed by atoms with van der Waals surface area (Å²) in [6.07, 6.45) is 2.76. The molecule has 0 bridgehead atoms. The van der Waals surface area contributed by atoms with Crippen LogP contribution in [0.2, 0.25) is 0 Å². The predicted molar refractivity (Wildman–Crippen MR) is 53.0 cm³/mol. The van der Waals surface area contributed by atoms with Gasteiger partial charge in [0.2, 0.25) is 0 Å². The van der Waals surface area contributed by atoms with Crippen LogP contribution in [-0.2, 0) is 0 Å². The van der Waals surface area contributed by atoms with Gasteiger partial charge in [-0.05, 0) is 19.8 Å². The van der Waals surface area contributed by atoms with Gasteiger partial charge in [0.15, 0.2) is 0 Å². The van der Waals surface area contributed by atoms with Crippen molar-refractivity contribution in [3.05, 3.63) is 0 Å². The largest absolute Gasteiger partial charge is 0.391 e. The van der Waals surface area contributed by atoms with Crippen LogP contribution in [-0.4, -0.2) is 28.6 Å². The number of halogens is 1. The highest BCUT2D eigenvalue weighted by molar-refractivity contribution is 6.66. The first kappa shape index (κ1) is 9.44. The molecule has 0 radical (unpaired) electrons. The minimum absolute atomic E-state index is 0.0431. The number of rotatable bonds is 0. The SMILES string of the molecule is CC1N=C(Cl)C2CCCC(O)C2N1. The fourth-order valence-corrected chi connectivity index (χ4v) is 2.66. The molecule has 74 valence electrons. The van der Waals surface area contributed by atoms with Crippen molar-refractivity contribution in [3.63, 3.8) is 0 Å². The Kier molecular flexibility index (Phi) is 2.58. The third-order valence-corrected chi connectivity index (χ3v) is 3.30. The summed E-state index contributed by atoms with van der Waals surface area (Å²) in [5, 5.41) is 13.7. The minimum atomic E-state index is -0.259. The van der Waals surface area contributed by atoms with E-state index in [1.165, 1.54) is 0 Å². The Labute approximate surface area is 83.2 Å². The Morgan fingerprint density at radius 3 is 3.08 bits per heavy atom. The molecule has 2 rings (SSSR count). The summed E-state index contributed by atoms with van der Waals surface area (Å²) in [6.45, 7) is 1.96. The summed E-state index contributed by atoms with van der Waals surface area (Å²) in [4.78, 5) is 4.26. The molecule has 0 amide bonds. The quantitative estimate of drug-likeness (QED) is 0.618. The smallest absolute Gasteiger partial charge is 0.107 e. The van der Waals surface area contributed by atoms with Crippen molar-refractivity contribution >= 4 is 16.8 Å². The van der Waals surface area contributed by atoms with E-state index in [1.54, 1.807) is 0 Å². The van der Waals surface area contributed by atoms with E-state index in [1.807, 2.05) is 6.92 Å². The normalized spacial score (nSPS) is 45.3. The maximum Gasteiger partial charge on any atom is 0.107 e. The molecule has 4 atom stereocenters. The molecule has 0 aromatic rings. The molecular formula is C9H15ClN2O. The summed E-state index contributed by atoms with van der Waals surface area (Å²) < 4.78 is 0. The molecule has 2 N–H and O–H groups in total. The average Bonchev–Trinajstić information content (AvgIpc) is 2.07. The highest BCUT2D eigenvalue weighted by Gasteiger charge is 2.37. The summed E-state index contributed by atoms with van der Waals surface area (Å²) in [7, 11) is 0. The van der Waals surface area contributed by atoms with E-state index in [9.17, 15) is 5.11 Å². The summed E-state index contributed by atoms with van der Waals surface area (Å²) >= 11 is 6.05.